The highest BCUT2D eigenvalue weighted by Crippen LogP contribution is 2.28. The summed E-state index contributed by atoms with van der Waals surface area (Å²) in [6.07, 6.45) is 4.63. The number of aromatic nitrogens is 1. The number of nitrogens with zero attached hydrogens (tertiary/aromatic N) is 3. The second-order valence-electron chi connectivity index (χ2n) is 8.00. The summed E-state index contributed by atoms with van der Waals surface area (Å²) in [5.74, 6) is 0.418. The lowest BCUT2D eigenvalue weighted by atomic mass is 10.1. The summed E-state index contributed by atoms with van der Waals surface area (Å²) in [4.78, 5) is 18.9. The van der Waals surface area contributed by atoms with Gasteiger partial charge in [0, 0.05) is 55.8 Å². The number of phenols is 1. The van der Waals surface area contributed by atoms with E-state index in [1.54, 1.807) is 53.7 Å². The number of carbonyl (C=O) groups is 1. The summed E-state index contributed by atoms with van der Waals surface area (Å²) in [6.45, 7) is 1.48. The molecule has 0 radical (unpaired) electrons. The van der Waals surface area contributed by atoms with Crippen molar-refractivity contribution in [2.75, 3.05) is 33.3 Å². The van der Waals surface area contributed by atoms with Crippen LogP contribution in [0.1, 0.15) is 18.4 Å². The number of aryl methyl sites for hydroxylation is 1. The van der Waals surface area contributed by atoms with Crippen LogP contribution in [0.15, 0.2) is 59.8 Å². The smallest absolute Gasteiger partial charge is 0.243 e. The molecule has 1 aliphatic rings. The van der Waals surface area contributed by atoms with Crippen LogP contribution >= 0.6 is 0 Å². The van der Waals surface area contributed by atoms with Gasteiger partial charge in [0.25, 0.3) is 0 Å². The summed E-state index contributed by atoms with van der Waals surface area (Å²) >= 11 is 0. The molecule has 1 aromatic heterocycles. The molecule has 3 aromatic rings. The Morgan fingerprint density at radius 1 is 1.12 bits per heavy atom. The number of amides is 1. The molecule has 1 amide bonds. The summed E-state index contributed by atoms with van der Waals surface area (Å²) in [6, 6.07) is 11.9. The van der Waals surface area contributed by atoms with Gasteiger partial charge in [0.2, 0.25) is 15.9 Å². The lowest BCUT2D eigenvalue weighted by Gasteiger charge is -2.22. The van der Waals surface area contributed by atoms with E-state index in [2.05, 4.69) is 4.98 Å². The van der Waals surface area contributed by atoms with Crippen molar-refractivity contribution in [2.24, 2.45) is 0 Å². The van der Waals surface area contributed by atoms with Crippen molar-refractivity contribution in [1.82, 2.24) is 14.2 Å². The third-order valence-corrected chi connectivity index (χ3v) is 7.89. The standard InChI is InChI=1S/C24H27N3O5S/c1-32-22-16-18(6-8-21(22)28)7-9-24(29)26-12-3-13-27(15-14-26)33(30,31)23-5-2-4-19-17-25-11-10-20(19)23/h2,4-6,8,10-11,16-17,28H,3,7,9,12-15H2,1H3. The molecule has 8 nitrogen and oxygen atoms in total. The van der Waals surface area contributed by atoms with Crippen molar-refractivity contribution in [3.8, 4) is 11.5 Å². The van der Waals surface area contributed by atoms with E-state index < -0.39 is 10.0 Å². The van der Waals surface area contributed by atoms with E-state index >= 15 is 0 Å². The van der Waals surface area contributed by atoms with Crippen molar-refractivity contribution >= 4 is 26.7 Å². The Morgan fingerprint density at radius 2 is 1.97 bits per heavy atom. The first-order valence-corrected chi connectivity index (χ1v) is 12.3. The van der Waals surface area contributed by atoms with Crippen LogP contribution < -0.4 is 4.74 Å². The van der Waals surface area contributed by atoms with Crippen LogP contribution in [0.5, 0.6) is 11.5 Å². The van der Waals surface area contributed by atoms with Gasteiger partial charge in [-0.05, 0) is 42.7 Å². The molecule has 0 saturated carbocycles. The number of carbonyl (C=O) groups excluding carboxylic acids is 1. The Balaban J connectivity index is 1.42. The first-order chi connectivity index (χ1) is 15.9. The Bertz CT molecular complexity index is 1260. The second kappa shape index (κ2) is 9.76. The quantitative estimate of drug-likeness (QED) is 0.596. The molecule has 0 spiro atoms. The predicted octanol–water partition coefficient (Wildman–Crippen LogP) is 2.80. The van der Waals surface area contributed by atoms with E-state index in [0.717, 1.165) is 10.9 Å². The SMILES string of the molecule is COc1cc(CCC(=O)N2CCCN(S(=O)(=O)c3cccc4cnccc34)CC2)ccc1O. The van der Waals surface area contributed by atoms with Crippen LogP contribution in [0.25, 0.3) is 10.8 Å². The van der Waals surface area contributed by atoms with E-state index in [-0.39, 0.29) is 23.1 Å². The minimum atomic E-state index is -3.70. The molecule has 1 aliphatic heterocycles. The first-order valence-electron chi connectivity index (χ1n) is 10.9. The van der Waals surface area contributed by atoms with Gasteiger partial charge in [-0.15, -0.1) is 0 Å². The van der Waals surface area contributed by atoms with Crippen LogP contribution in [0.4, 0.5) is 0 Å². The Kier molecular flexibility index (Phi) is 6.80. The average Bonchev–Trinajstić information content (AvgIpc) is 3.10. The fourth-order valence-corrected chi connectivity index (χ4v) is 5.81. The number of hydrogen-bond acceptors (Lipinski definition) is 6. The molecule has 4 rings (SSSR count). The average molecular weight is 470 g/mol. The van der Waals surface area contributed by atoms with E-state index in [1.807, 2.05) is 6.07 Å². The van der Waals surface area contributed by atoms with Crippen LogP contribution in [0, 0.1) is 0 Å². The normalized spacial score (nSPS) is 15.4. The van der Waals surface area contributed by atoms with Crippen molar-refractivity contribution < 1.29 is 23.1 Å². The Labute approximate surface area is 193 Å². The molecule has 2 heterocycles. The van der Waals surface area contributed by atoms with E-state index in [0.29, 0.717) is 50.0 Å². The lowest BCUT2D eigenvalue weighted by Crippen LogP contribution is -2.37. The maximum atomic E-state index is 13.4. The molecule has 0 bridgehead atoms. The molecule has 0 atom stereocenters. The van der Waals surface area contributed by atoms with E-state index in [1.165, 1.54) is 11.4 Å². The summed E-state index contributed by atoms with van der Waals surface area (Å²) < 4.78 is 33.4. The lowest BCUT2D eigenvalue weighted by molar-refractivity contribution is -0.131. The molecular formula is C24H27N3O5S. The fraction of sp³-hybridized carbons (Fsp3) is 0.333. The van der Waals surface area contributed by atoms with Crippen molar-refractivity contribution in [2.45, 2.75) is 24.2 Å². The number of phenolic OH excluding ortho intramolecular Hbond substituents is 1. The molecule has 0 unspecified atom stereocenters. The molecule has 33 heavy (non-hydrogen) atoms. The summed E-state index contributed by atoms with van der Waals surface area (Å²) in [7, 11) is -2.22. The molecular weight excluding hydrogens is 442 g/mol. The minimum absolute atomic E-state index is 0.0162. The number of methoxy groups -OCH3 is 1. The minimum Gasteiger partial charge on any atom is -0.504 e. The monoisotopic (exact) mass is 469 g/mol. The third-order valence-electron chi connectivity index (χ3n) is 5.94. The van der Waals surface area contributed by atoms with Gasteiger partial charge in [0.05, 0.1) is 12.0 Å². The molecule has 174 valence electrons. The third kappa shape index (κ3) is 4.94. The van der Waals surface area contributed by atoms with Crippen molar-refractivity contribution in [3.05, 3.63) is 60.4 Å². The van der Waals surface area contributed by atoms with Crippen LogP contribution in [0.2, 0.25) is 0 Å². The molecule has 2 aromatic carbocycles. The molecule has 1 N–H and O–H groups in total. The summed E-state index contributed by atoms with van der Waals surface area (Å²) in [5, 5.41) is 11.1. The number of pyridine rings is 1. The van der Waals surface area contributed by atoms with Gasteiger partial charge in [-0.1, -0.05) is 18.2 Å². The Morgan fingerprint density at radius 3 is 2.79 bits per heavy atom. The summed E-state index contributed by atoms with van der Waals surface area (Å²) in [5.41, 5.74) is 0.891. The van der Waals surface area contributed by atoms with Gasteiger partial charge in [-0.2, -0.15) is 4.31 Å². The van der Waals surface area contributed by atoms with E-state index in [9.17, 15) is 18.3 Å². The highest BCUT2D eigenvalue weighted by Gasteiger charge is 2.29. The molecule has 1 saturated heterocycles. The number of rotatable bonds is 6. The van der Waals surface area contributed by atoms with E-state index in [4.69, 9.17) is 4.74 Å². The van der Waals surface area contributed by atoms with Gasteiger partial charge in [0.15, 0.2) is 11.5 Å². The molecule has 1 fully saturated rings. The van der Waals surface area contributed by atoms with Gasteiger partial charge >= 0.3 is 0 Å². The van der Waals surface area contributed by atoms with Crippen LogP contribution in [-0.2, 0) is 21.2 Å². The highest BCUT2D eigenvalue weighted by molar-refractivity contribution is 7.89. The number of fused-ring (bicyclic) bond motifs is 1. The number of benzene rings is 2. The van der Waals surface area contributed by atoms with Gasteiger partial charge in [-0.25, -0.2) is 8.42 Å². The van der Waals surface area contributed by atoms with Crippen molar-refractivity contribution in [3.63, 3.8) is 0 Å². The fourth-order valence-electron chi connectivity index (χ4n) is 4.13. The Hall–Kier alpha value is -3.17. The highest BCUT2D eigenvalue weighted by atomic mass is 32.2. The topological polar surface area (TPSA) is 100 Å². The predicted molar refractivity (Wildman–Crippen MR) is 125 cm³/mol. The van der Waals surface area contributed by atoms with Gasteiger partial charge in [0.1, 0.15) is 0 Å². The zero-order valence-corrected chi connectivity index (χ0v) is 19.3. The maximum Gasteiger partial charge on any atom is 0.243 e. The largest absolute Gasteiger partial charge is 0.504 e. The first kappa shape index (κ1) is 23.0. The molecule has 0 aliphatic carbocycles. The number of ether oxygens (including phenoxy) is 1. The van der Waals surface area contributed by atoms with Gasteiger partial charge in [-0.3, -0.25) is 9.78 Å². The van der Waals surface area contributed by atoms with Gasteiger partial charge < -0.3 is 14.7 Å². The molecule has 9 heteroatoms. The number of aromatic hydroxyl groups is 1. The second-order valence-corrected chi connectivity index (χ2v) is 9.90. The maximum absolute atomic E-state index is 13.4. The van der Waals surface area contributed by atoms with Crippen LogP contribution in [0.3, 0.4) is 0 Å². The number of sulfonamides is 1. The number of hydrogen-bond donors (Lipinski definition) is 1. The van der Waals surface area contributed by atoms with Crippen molar-refractivity contribution in [1.29, 1.82) is 0 Å². The zero-order valence-electron chi connectivity index (χ0n) is 18.5. The van der Waals surface area contributed by atoms with Crippen LogP contribution in [-0.4, -0.2) is 66.9 Å². The zero-order chi connectivity index (χ0) is 23.4.